The van der Waals surface area contributed by atoms with Gasteiger partial charge in [-0.2, -0.15) is 4.99 Å². The van der Waals surface area contributed by atoms with Gasteiger partial charge in [-0.3, -0.25) is 4.79 Å². The molecule has 0 spiro atoms. The van der Waals surface area contributed by atoms with Gasteiger partial charge in [0, 0.05) is 7.05 Å². The van der Waals surface area contributed by atoms with Crippen molar-refractivity contribution < 1.29 is 17.9 Å². The highest BCUT2D eigenvalue weighted by Crippen LogP contribution is 2.22. The Balaban J connectivity index is 1.84. The number of nitrogens with zero attached hydrogens (tertiary/aromatic N) is 2. The number of ether oxygens (including phenoxy) is 1. The monoisotopic (exact) mass is 418 g/mol. The van der Waals surface area contributed by atoms with Gasteiger partial charge in [-0.15, -0.1) is 0 Å². The smallest absolute Gasteiger partial charge is 0.252 e. The molecule has 0 atom stereocenters. The summed E-state index contributed by atoms with van der Waals surface area (Å²) in [4.78, 5) is 17.5. The van der Waals surface area contributed by atoms with Crippen LogP contribution < -0.4 is 9.54 Å². The third-order valence-corrected chi connectivity index (χ3v) is 7.73. The second-order valence-corrected chi connectivity index (χ2v) is 10.2. The predicted octanol–water partition coefficient (Wildman–Crippen LogP) is 3.10. The number of hydrogen-bond acceptors (Lipinski definition) is 5. The van der Waals surface area contributed by atoms with E-state index < -0.39 is 15.1 Å². The van der Waals surface area contributed by atoms with E-state index in [1.165, 1.54) is 11.3 Å². The summed E-state index contributed by atoms with van der Waals surface area (Å²) in [5.41, 5.74) is 1.70. The van der Waals surface area contributed by atoms with Crippen LogP contribution >= 0.6 is 11.3 Å². The molecule has 0 unspecified atom stereocenters. The Labute approximate surface area is 168 Å². The number of rotatable bonds is 5. The molecule has 3 aromatic rings. The van der Waals surface area contributed by atoms with Crippen molar-refractivity contribution in [1.82, 2.24) is 4.57 Å². The average Bonchev–Trinajstić information content (AvgIpc) is 2.96. The first-order chi connectivity index (χ1) is 13.2. The number of aryl methyl sites for hydroxylation is 1. The van der Waals surface area contributed by atoms with Gasteiger partial charge in [0.05, 0.1) is 33.9 Å². The second kappa shape index (κ2) is 7.89. The van der Waals surface area contributed by atoms with Crippen LogP contribution in [0.3, 0.4) is 0 Å². The lowest BCUT2D eigenvalue weighted by Gasteiger charge is -2.08. The summed E-state index contributed by atoms with van der Waals surface area (Å²) < 4.78 is 32.4. The van der Waals surface area contributed by atoms with Crippen LogP contribution in [0.25, 0.3) is 10.2 Å². The Morgan fingerprint density at radius 2 is 1.86 bits per heavy atom. The Kier molecular flexibility index (Phi) is 5.71. The molecule has 0 aliphatic carbocycles. The van der Waals surface area contributed by atoms with E-state index >= 15 is 0 Å². The lowest BCUT2D eigenvalue weighted by atomic mass is 10.1. The van der Waals surface area contributed by atoms with Crippen LogP contribution in [-0.4, -0.2) is 31.3 Å². The molecule has 6 nitrogen and oxygen atoms in total. The van der Waals surface area contributed by atoms with E-state index in [1.807, 2.05) is 29.8 Å². The third kappa shape index (κ3) is 4.02. The first kappa shape index (κ1) is 20.3. The van der Waals surface area contributed by atoms with Crippen molar-refractivity contribution in [2.45, 2.75) is 30.4 Å². The molecular formula is C20H22N2O4S2. The minimum Gasteiger partial charge on any atom is -0.497 e. The zero-order valence-corrected chi connectivity index (χ0v) is 17.8. The molecule has 0 aliphatic heterocycles. The number of hydrogen-bond donors (Lipinski definition) is 0. The van der Waals surface area contributed by atoms with Crippen LogP contribution in [0.1, 0.15) is 19.4 Å². The van der Waals surface area contributed by atoms with E-state index in [9.17, 15) is 13.2 Å². The van der Waals surface area contributed by atoms with Crippen molar-refractivity contribution in [2.24, 2.45) is 12.0 Å². The van der Waals surface area contributed by atoms with Crippen LogP contribution in [0, 0.1) is 0 Å². The van der Waals surface area contributed by atoms with Crippen molar-refractivity contribution in [1.29, 1.82) is 0 Å². The summed E-state index contributed by atoms with van der Waals surface area (Å²) >= 11 is 1.42. The molecule has 0 bridgehead atoms. The minimum absolute atomic E-state index is 0.111. The molecule has 1 aromatic heterocycles. The molecule has 3 rings (SSSR count). The van der Waals surface area contributed by atoms with E-state index in [1.54, 1.807) is 45.2 Å². The standard InChI is InChI=1S/C20H22N2O4S2/c1-13(2)28(24,25)16-8-5-14(6-9-16)11-19(23)21-20-22(3)17-10-7-15(26-4)12-18(17)27-20/h5-10,12-13H,11H2,1-4H3. The predicted molar refractivity (Wildman–Crippen MR) is 110 cm³/mol. The minimum atomic E-state index is -3.32. The first-order valence-corrected chi connectivity index (χ1v) is 11.1. The fraction of sp³-hybridized carbons (Fsp3) is 0.300. The number of amides is 1. The molecule has 0 saturated heterocycles. The van der Waals surface area contributed by atoms with E-state index in [2.05, 4.69) is 4.99 Å². The fourth-order valence-corrected chi connectivity index (χ4v) is 4.86. The first-order valence-electron chi connectivity index (χ1n) is 8.76. The fourth-order valence-electron chi connectivity index (χ4n) is 2.74. The normalized spacial score (nSPS) is 12.7. The summed E-state index contributed by atoms with van der Waals surface area (Å²) in [6.07, 6.45) is 0.111. The Hall–Kier alpha value is -2.45. The number of carbonyl (C=O) groups is 1. The maximum Gasteiger partial charge on any atom is 0.252 e. The molecule has 0 N–H and O–H groups in total. The van der Waals surface area contributed by atoms with Crippen LogP contribution in [-0.2, 0) is 28.1 Å². The van der Waals surface area contributed by atoms with Gasteiger partial charge in [0.15, 0.2) is 14.6 Å². The summed E-state index contributed by atoms with van der Waals surface area (Å²) in [5, 5.41) is -0.485. The topological polar surface area (TPSA) is 77.7 Å². The van der Waals surface area contributed by atoms with Crippen LogP contribution in [0.5, 0.6) is 5.75 Å². The molecule has 0 aliphatic rings. The van der Waals surface area contributed by atoms with E-state index in [0.29, 0.717) is 4.80 Å². The molecule has 2 aromatic carbocycles. The van der Waals surface area contributed by atoms with Gasteiger partial charge in [0.2, 0.25) is 0 Å². The number of fused-ring (bicyclic) bond motifs is 1. The highest BCUT2D eigenvalue weighted by atomic mass is 32.2. The highest BCUT2D eigenvalue weighted by molar-refractivity contribution is 7.92. The summed E-state index contributed by atoms with van der Waals surface area (Å²) in [5.74, 6) is 0.470. The average molecular weight is 419 g/mol. The molecule has 0 saturated carbocycles. The maximum atomic E-state index is 12.4. The van der Waals surface area contributed by atoms with Crippen molar-refractivity contribution in [3.8, 4) is 5.75 Å². The molecule has 1 amide bonds. The number of sulfone groups is 1. The lowest BCUT2D eigenvalue weighted by molar-refractivity contribution is -0.117. The zero-order chi connectivity index (χ0) is 20.5. The van der Waals surface area contributed by atoms with E-state index in [0.717, 1.165) is 21.5 Å². The summed E-state index contributed by atoms with van der Waals surface area (Å²) in [6.45, 7) is 3.29. The summed E-state index contributed by atoms with van der Waals surface area (Å²) in [6, 6.07) is 12.1. The molecule has 0 radical (unpaired) electrons. The molecule has 8 heteroatoms. The quantitative estimate of drug-likeness (QED) is 0.638. The van der Waals surface area contributed by atoms with Gasteiger partial charge >= 0.3 is 0 Å². The molecule has 28 heavy (non-hydrogen) atoms. The SMILES string of the molecule is COc1ccc2c(c1)sc(=NC(=O)Cc1ccc(S(=O)(=O)C(C)C)cc1)n2C. The lowest BCUT2D eigenvalue weighted by Crippen LogP contribution is -2.15. The van der Waals surface area contributed by atoms with Crippen LogP contribution in [0.4, 0.5) is 0 Å². The van der Waals surface area contributed by atoms with Gasteiger partial charge in [0.25, 0.3) is 5.91 Å². The summed E-state index contributed by atoms with van der Waals surface area (Å²) in [7, 11) is 0.159. The zero-order valence-electron chi connectivity index (χ0n) is 16.2. The van der Waals surface area contributed by atoms with Gasteiger partial charge in [-0.25, -0.2) is 8.42 Å². The second-order valence-electron chi connectivity index (χ2n) is 6.70. The Morgan fingerprint density at radius 3 is 2.46 bits per heavy atom. The van der Waals surface area contributed by atoms with Gasteiger partial charge in [-0.05, 0) is 49.7 Å². The van der Waals surface area contributed by atoms with Crippen molar-refractivity contribution in [2.75, 3.05) is 7.11 Å². The van der Waals surface area contributed by atoms with Crippen molar-refractivity contribution in [3.05, 3.63) is 52.8 Å². The van der Waals surface area contributed by atoms with Gasteiger partial charge < -0.3 is 9.30 Å². The number of carbonyl (C=O) groups excluding carboxylic acids is 1. The third-order valence-electron chi connectivity index (χ3n) is 4.46. The highest BCUT2D eigenvalue weighted by Gasteiger charge is 2.18. The molecule has 1 heterocycles. The number of benzene rings is 2. The van der Waals surface area contributed by atoms with Crippen LogP contribution in [0.15, 0.2) is 52.4 Å². The number of methoxy groups -OCH3 is 1. The number of aromatic nitrogens is 1. The molecular weight excluding hydrogens is 396 g/mol. The largest absolute Gasteiger partial charge is 0.497 e. The van der Waals surface area contributed by atoms with Gasteiger partial charge in [-0.1, -0.05) is 23.5 Å². The Bertz CT molecular complexity index is 1190. The molecule has 148 valence electrons. The van der Waals surface area contributed by atoms with E-state index in [4.69, 9.17) is 4.74 Å². The van der Waals surface area contributed by atoms with Crippen molar-refractivity contribution in [3.63, 3.8) is 0 Å². The van der Waals surface area contributed by atoms with Crippen molar-refractivity contribution >= 4 is 37.3 Å². The van der Waals surface area contributed by atoms with Crippen LogP contribution in [0.2, 0.25) is 0 Å². The number of thiazole rings is 1. The maximum absolute atomic E-state index is 12.4. The molecule has 0 fully saturated rings. The van der Waals surface area contributed by atoms with Gasteiger partial charge in [0.1, 0.15) is 5.75 Å². The Morgan fingerprint density at radius 1 is 1.18 bits per heavy atom. The van der Waals surface area contributed by atoms with E-state index in [-0.39, 0.29) is 17.2 Å².